The molecule has 1 aromatic rings. The van der Waals surface area contributed by atoms with E-state index in [9.17, 15) is 9.59 Å². The molecule has 0 aromatic heterocycles. The highest BCUT2D eigenvalue weighted by molar-refractivity contribution is 6.12. The SMILES string of the molecule is CC=C1CN2C(=O)c3ccccc3NC(=O)C2(C)C1. The number of nitrogens with one attached hydrogen (secondary N) is 1. The third-order valence-electron chi connectivity index (χ3n) is 4.08. The molecule has 2 aliphatic rings. The Labute approximate surface area is 112 Å². The normalized spacial score (nSPS) is 27.9. The van der Waals surface area contributed by atoms with Crippen molar-refractivity contribution in [3.8, 4) is 0 Å². The van der Waals surface area contributed by atoms with Gasteiger partial charge in [-0.1, -0.05) is 23.8 Å². The van der Waals surface area contributed by atoms with E-state index in [-0.39, 0.29) is 11.8 Å². The summed E-state index contributed by atoms with van der Waals surface area (Å²) in [4.78, 5) is 26.8. The van der Waals surface area contributed by atoms with Crippen molar-refractivity contribution in [3.63, 3.8) is 0 Å². The molecule has 2 amide bonds. The van der Waals surface area contributed by atoms with Gasteiger partial charge in [0.15, 0.2) is 0 Å². The monoisotopic (exact) mass is 256 g/mol. The first-order chi connectivity index (χ1) is 9.06. The molecule has 4 nitrogen and oxygen atoms in total. The maximum absolute atomic E-state index is 12.6. The van der Waals surface area contributed by atoms with Gasteiger partial charge in [0.25, 0.3) is 5.91 Å². The van der Waals surface area contributed by atoms with Gasteiger partial charge < -0.3 is 10.2 Å². The molecule has 4 heteroatoms. The standard InChI is InChI=1S/C15H16N2O2/c1-3-10-8-15(2)14(19)16-12-7-5-4-6-11(12)13(18)17(15)9-10/h3-7H,8-9H2,1-2H3,(H,16,19). The van der Waals surface area contributed by atoms with Crippen LogP contribution in [0.3, 0.4) is 0 Å². The second-order valence-electron chi connectivity index (χ2n) is 5.29. The smallest absolute Gasteiger partial charge is 0.257 e. The number of nitrogens with zero attached hydrogens (tertiary/aromatic N) is 1. The molecule has 0 radical (unpaired) electrons. The Morgan fingerprint density at radius 3 is 2.79 bits per heavy atom. The van der Waals surface area contributed by atoms with Crippen molar-refractivity contribution in [2.24, 2.45) is 0 Å². The summed E-state index contributed by atoms with van der Waals surface area (Å²) >= 11 is 0. The summed E-state index contributed by atoms with van der Waals surface area (Å²) in [5.74, 6) is -0.184. The largest absolute Gasteiger partial charge is 0.323 e. The van der Waals surface area contributed by atoms with Crippen molar-refractivity contribution in [1.29, 1.82) is 0 Å². The van der Waals surface area contributed by atoms with Gasteiger partial charge in [-0.15, -0.1) is 0 Å². The van der Waals surface area contributed by atoms with Crippen molar-refractivity contribution in [1.82, 2.24) is 4.90 Å². The summed E-state index contributed by atoms with van der Waals surface area (Å²) in [5, 5.41) is 2.88. The van der Waals surface area contributed by atoms with Crippen LogP contribution < -0.4 is 5.32 Å². The van der Waals surface area contributed by atoms with Crippen LogP contribution in [0.2, 0.25) is 0 Å². The Balaban J connectivity index is 2.14. The van der Waals surface area contributed by atoms with E-state index in [1.165, 1.54) is 0 Å². The predicted molar refractivity (Wildman–Crippen MR) is 72.9 cm³/mol. The zero-order valence-corrected chi connectivity index (χ0v) is 11.1. The molecule has 0 bridgehead atoms. The summed E-state index contributed by atoms with van der Waals surface area (Å²) in [5.41, 5.74) is 1.52. The molecule has 1 atom stereocenters. The molecule has 1 fully saturated rings. The number of rotatable bonds is 0. The van der Waals surface area contributed by atoms with E-state index >= 15 is 0 Å². The highest BCUT2D eigenvalue weighted by Crippen LogP contribution is 2.38. The maximum Gasteiger partial charge on any atom is 0.257 e. The van der Waals surface area contributed by atoms with E-state index < -0.39 is 5.54 Å². The van der Waals surface area contributed by atoms with E-state index in [2.05, 4.69) is 5.32 Å². The van der Waals surface area contributed by atoms with E-state index in [1.807, 2.05) is 32.1 Å². The summed E-state index contributed by atoms with van der Waals surface area (Å²) in [6.45, 7) is 4.32. The molecule has 1 saturated heterocycles. The van der Waals surface area contributed by atoms with Crippen LogP contribution in [0.25, 0.3) is 0 Å². The maximum atomic E-state index is 12.6. The van der Waals surface area contributed by atoms with Crippen LogP contribution in [0.1, 0.15) is 30.6 Å². The first-order valence-corrected chi connectivity index (χ1v) is 6.43. The van der Waals surface area contributed by atoms with Gasteiger partial charge in [0.1, 0.15) is 5.54 Å². The highest BCUT2D eigenvalue weighted by atomic mass is 16.2. The quantitative estimate of drug-likeness (QED) is 0.723. The Morgan fingerprint density at radius 1 is 1.32 bits per heavy atom. The Morgan fingerprint density at radius 2 is 2.05 bits per heavy atom. The Bertz CT molecular complexity index is 606. The van der Waals surface area contributed by atoms with Crippen molar-refractivity contribution in [3.05, 3.63) is 41.5 Å². The van der Waals surface area contributed by atoms with Crippen LogP contribution >= 0.6 is 0 Å². The fourth-order valence-electron chi connectivity index (χ4n) is 2.84. The van der Waals surface area contributed by atoms with E-state index in [0.717, 1.165) is 5.57 Å². The van der Waals surface area contributed by atoms with Crippen LogP contribution in [0.5, 0.6) is 0 Å². The molecule has 2 aliphatic heterocycles. The number of carbonyl (C=O) groups excluding carboxylic acids is 2. The van der Waals surface area contributed by atoms with Gasteiger partial charge in [-0.3, -0.25) is 9.59 Å². The first-order valence-electron chi connectivity index (χ1n) is 6.43. The fraction of sp³-hybridized carbons (Fsp3) is 0.333. The molecule has 1 N–H and O–H groups in total. The second kappa shape index (κ2) is 3.95. The van der Waals surface area contributed by atoms with Crippen LogP contribution in [0.4, 0.5) is 5.69 Å². The lowest BCUT2D eigenvalue weighted by atomic mass is 9.96. The van der Waals surface area contributed by atoms with Crippen molar-refractivity contribution < 1.29 is 9.59 Å². The highest BCUT2D eigenvalue weighted by Gasteiger charge is 2.49. The van der Waals surface area contributed by atoms with Crippen LogP contribution in [-0.4, -0.2) is 28.8 Å². The molecule has 19 heavy (non-hydrogen) atoms. The predicted octanol–water partition coefficient (Wildman–Crippen LogP) is 2.19. The number of fused-ring (bicyclic) bond motifs is 2. The van der Waals surface area contributed by atoms with E-state index in [0.29, 0.717) is 24.2 Å². The van der Waals surface area contributed by atoms with Crippen LogP contribution in [0.15, 0.2) is 35.9 Å². The number of carbonyl (C=O) groups is 2. The topological polar surface area (TPSA) is 49.4 Å². The first kappa shape index (κ1) is 12.0. The number of hydrogen-bond donors (Lipinski definition) is 1. The minimum Gasteiger partial charge on any atom is -0.323 e. The second-order valence-corrected chi connectivity index (χ2v) is 5.29. The average molecular weight is 256 g/mol. The molecule has 0 saturated carbocycles. The van der Waals surface area contributed by atoms with Gasteiger partial charge in [0.05, 0.1) is 11.3 Å². The zero-order valence-electron chi connectivity index (χ0n) is 11.1. The molecule has 3 rings (SSSR count). The van der Waals surface area contributed by atoms with Gasteiger partial charge in [0.2, 0.25) is 5.91 Å². The molecule has 2 heterocycles. The summed E-state index contributed by atoms with van der Waals surface area (Å²) < 4.78 is 0. The van der Waals surface area contributed by atoms with Gasteiger partial charge in [0, 0.05) is 13.0 Å². The zero-order chi connectivity index (χ0) is 13.6. The number of amides is 2. The van der Waals surface area contributed by atoms with Gasteiger partial charge in [-0.05, 0) is 26.0 Å². The third-order valence-corrected chi connectivity index (χ3v) is 4.08. The van der Waals surface area contributed by atoms with Crippen molar-refractivity contribution >= 4 is 17.5 Å². The molecule has 1 unspecified atom stereocenters. The van der Waals surface area contributed by atoms with Gasteiger partial charge >= 0.3 is 0 Å². The van der Waals surface area contributed by atoms with Gasteiger partial charge in [-0.25, -0.2) is 0 Å². The van der Waals surface area contributed by atoms with Crippen molar-refractivity contribution in [2.45, 2.75) is 25.8 Å². The molecule has 0 aliphatic carbocycles. The third kappa shape index (κ3) is 1.59. The molecule has 0 spiro atoms. The van der Waals surface area contributed by atoms with Gasteiger partial charge in [-0.2, -0.15) is 0 Å². The Kier molecular flexibility index (Phi) is 2.49. The lowest BCUT2D eigenvalue weighted by molar-refractivity contribution is -0.124. The molecule has 98 valence electrons. The summed E-state index contributed by atoms with van der Waals surface area (Å²) in [7, 11) is 0. The average Bonchev–Trinajstić information content (AvgIpc) is 2.74. The molecular formula is C15H16N2O2. The van der Waals surface area contributed by atoms with Crippen LogP contribution in [0, 0.1) is 0 Å². The Hall–Kier alpha value is -2.10. The number of para-hydroxylation sites is 1. The molecular weight excluding hydrogens is 240 g/mol. The van der Waals surface area contributed by atoms with E-state index in [1.54, 1.807) is 17.0 Å². The minimum atomic E-state index is -0.780. The fourth-order valence-corrected chi connectivity index (χ4v) is 2.84. The van der Waals surface area contributed by atoms with Crippen LogP contribution in [-0.2, 0) is 4.79 Å². The number of anilines is 1. The van der Waals surface area contributed by atoms with E-state index in [4.69, 9.17) is 0 Å². The lowest BCUT2D eigenvalue weighted by Crippen LogP contribution is -2.51. The lowest BCUT2D eigenvalue weighted by Gasteiger charge is -2.30. The van der Waals surface area contributed by atoms with Crippen molar-refractivity contribution in [2.75, 3.05) is 11.9 Å². The summed E-state index contributed by atoms with van der Waals surface area (Å²) in [6, 6.07) is 7.17. The number of hydrogen-bond acceptors (Lipinski definition) is 2. The number of benzene rings is 1. The minimum absolute atomic E-state index is 0.0756. The number of allylic oxidation sites excluding steroid dienone is 1. The molecule has 1 aromatic carbocycles. The summed E-state index contributed by atoms with van der Waals surface area (Å²) in [6.07, 6.45) is 2.60.